The third kappa shape index (κ3) is 5.34. The Balaban J connectivity index is 1.70. The molecular weight excluding hydrogens is 330 g/mol. The van der Waals surface area contributed by atoms with E-state index in [0.717, 1.165) is 4.88 Å². The van der Waals surface area contributed by atoms with E-state index < -0.39 is 18.0 Å². The molecule has 7 heteroatoms. The number of rotatable bonds is 8. The van der Waals surface area contributed by atoms with E-state index in [2.05, 4.69) is 5.32 Å². The number of amides is 1. The van der Waals surface area contributed by atoms with Crippen molar-refractivity contribution >= 4 is 29.0 Å². The molecule has 0 saturated carbocycles. The molecule has 0 fully saturated rings. The van der Waals surface area contributed by atoms with Crippen molar-refractivity contribution in [3.05, 3.63) is 46.0 Å². The van der Waals surface area contributed by atoms with Gasteiger partial charge in [-0.05, 0) is 38.1 Å². The summed E-state index contributed by atoms with van der Waals surface area (Å²) in [6, 6.07) is 7.06. The van der Waals surface area contributed by atoms with Crippen molar-refractivity contribution in [2.24, 2.45) is 0 Å². The average molecular weight is 349 g/mol. The average Bonchev–Trinajstić information content (AvgIpc) is 3.21. The van der Waals surface area contributed by atoms with Gasteiger partial charge in [0.2, 0.25) is 0 Å². The second-order valence-electron chi connectivity index (χ2n) is 5.26. The van der Waals surface area contributed by atoms with Gasteiger partial charge in [0.15, 0.2) is 11.9 Å². The molecule has 0 radical (unpaired) electrons. The number of carbonyl (C=O) groups is 3. The van der Waals surface area contributed by atoms with Crippen molar-refractivity contribution in [3.63, 3.8) is 0 Å². The maximum Gasteiger partial charge on any atom is 0.307 e. The van der Waals surface area contributed by atoms with Crippen LogP contribution < -0.4 is 5.32 Å². The molecule has 0 aliphatic carbocycles. The molecule has 0 saturated heterocycles. The number of Topliss-reactive ketones (excluding diaryl/α,β-unsaturated/α-hetero) is 1. The molecule has 2 aromatic heterocycles. The summed E-state index contributed by atoms with van der Waals surface area (Å²) in [5.74, 6) is -0.476. The normalized spacial score (nSPS) is 11.8. The zero-order valence-electron chi connectivity index (χ0n) is 13.5. The zero-order chi connectivity index (χ0) is 17.5. The molecule has 1 amide bonds. The number of hydrogen-bond donors (Lipinski definition) is 1. The van der Waals surface area contributed by atoms with Crippen LogP contribution >= 0.6 is 11.3 Å². The number of hydrogen-bond acceptors (Lipinski definition) is 6. The zero-order valence-corrected chi connectivity index (χ0v) is 14.4. The van der Waals surface area contributed by atoms with Crippen molar-refractivity contribution in [1.29, 1.82) is 0 Å². The van der Waals surface area contributed by atoms with Gasteiger partial charge in [0.25, 0.3) is 5.91 Å². The van der Waals surface area contributed by atoms with Gasteiger partial charge in [0.1, 0.15) is 5.76 Å². The van der Waals surface area contributed by atoms with E-state index >= 15 is 0 Å². The van der Waals surface area contributed by atoms with E-state index in [1.807, 2.05) is 13.0 Å². The Morgan fingerprint density at radius 3 is 2.67 bits per heavy atom. The van der Waals surface area contributed by atoms with Crippen LogP contribution in [-0.4, -0.2) is 23.8 Å². The number of thiophene rings is 1. The van der Waals surface area contributed by atoms with Gasteiger partial charge in [-0.2, -0.15) is 0 Å². The predicted molar refractivity (Wildman–Crippen MR) is 88.7 cm³/mol. The van der Waals surface area contributed by atoms with E-state index in [9.17, 15) is 14.4 Å². The summed E-state index contributed by atoms with van der Waals surface area (Å²) < 4.78 is 10.1. The Hall–Kier alpha value is -2.41. The molecule has 0 aliphatic rings. The highest BCUT2D eigenvalue weighted by molar-refractivity contribution is 7.14. The van der Waals surface area contributed by atoms with Crippen LogP contribution in [0.5, 0.6) is 0 Å². The Morgan fingerprint density at radius 1 is 1.25 bits per heavy atom. The number of ketones is 1. The first-order valence-electron chi connectivity index (χ1n) is 7.55. The molecule has 0 aliphatic heterocycles. The Labute approximate surface area is 143 Å². The molecule has 6 nitrogen and oxygen atoms in total. The summed E-state index contributed by atoms with van der Waals surface area (Å²) in [6.07, 6.45) is 0.605. The number of carbonyl (C=O) groups excluding carboxylic acids is 3. The molecule has 128 valence electrons. The first-order valence-corrected chi connectivity index (χ1v) is 8.36. The van der Waals surface area contributed by atoms with Crippen molar-refractivity contribution in [3.8, 4) is 0 Å². The van der Waals surface area contributed by atoms with Crippen molar-refractivity contribution < 1.29 is 23.5 Å². The lowest BCUT2D eigenvalue weighted by Gasteiger charge is -2.12. The van der Waals surface area contributed by atoms with Crippen molar-refractivity contribution in [1.82, 2.24) is 5.32 Å². The molecular formula is C17H19NO5S. The standard InChI is InChI=1S/C17H19NO5S/c1-11-5-7-15(24-11)14(19)6-8-16(20)23-12(2)17(21)18-10-13-4-3-9-22-13/h3-5,7,9,12H,6,8,10H2,1-2H3,(H,18,21)/t12-/m1/s1. The lowest BCUT2D eigenvalue weighted by atomic mass is 10.2. The van der Waals surface area contributed by atoms with Crippen LogP contribution in [0.25, 0.3) is 0 Å². The summed E-state index contributed by atoms with van der Waals surface area (Å²) in [6.45, 7) is 3.63. The van der Waals surface area contributed by atoms with Gasteiger partial charge in [0.05, 0.1) is 24.1 Å². The summed E-state index contributed by atoms with van der Waals surface area (Å²) in [5.41, 5.74) is 0. The van der Waals surface area contributed by atoms with E-state index in [-0.39, 0.29) is 25.2 Å². The highest BCUT2D eigenvalue weighted by Gasteiger charge is 2.19. The van der Waals surface area contributed by atoms with Crippen LogP contribution in [0, 0.1) is 6.92 Å². The fraction of sp³-hybridized carbons (Fsp3) is 0.353. The smallest absolute Gasteiger partial charge is 0.307 e. The second-order valence-corrected chi connectivity index (χ2v) is 6.55. The highest BCUT2D eigenvalue weighted by Crippen LogP contribution is 2.17. The van der Waals surface area contributed by atoms with Gasteiger partial charge in [-0.15, -0.1) is 11.3 Å². The van der Waals surface area contributed by atoms with Crippen LogP contribution in [0.15, 0.2) is 34.9 Å². The number of aryl methyl sites for hydroxylation is 1. The van der Waals surface area contributed by atoms with Crippen molar-refractivity contribution in [2.75, 3.05) is 0 Å². The van der Waals surface area contributed by atoms with Gasteiger partial charge in [-0.3, -0.25) is 14.4 Å². The van der Waals surface area contributed by atoms with Gasteiger partial charge in [0, 0.05) is 11.3 Å². The number of nitrogens with one attached hydrogen (secondary N) is 1. The topological polar surface area (TPSA) is 85.6 Å². The van der Waals surface area contributed by atoms with Gasteiger partial charge in [-0.25, -0.2) is 0 Å². The third-order valence-corrected chi connectivity index (χ3v) is 4.31. The van der Waals surface area contributed by atoms with E-state index in [0.29, 0.717) is 10.6 Å². The summed E-state index contributed by atoms with van der Waals surface area (Å²) >= 11 is 1.40. The van der Waals surface area contributed by atoms with Crippen LogP contribution in [0.2, 0.25) is 0 Å². The first kappa shape index (κ1) is 17.9. The molecule has 2 heterocycles. The summed E-state index contributed by atoms with van der Waals surface area (Å²) in [5, 5.41) is 2.61. The monoisotopic (exact) mass is 349 g/mol. The Bertz CT molecular complexity index is 704. The molecule has 2 aromatic rings. The van der Waals surface area contributed by atoms with Crippen LogP contribution in [0.1, 0.15) is 40.1 Å². The molecule has 1 atom stereocenters. The molecule has 0 unspecified atom stereocenters. The maximum absolute atomic E-state index is 11.9. The highest BCUT2D eigenvalue weighted by atomic mass is 32.1. The number of ether oxygens (including phenoxy) is 1. The van der Waals surface area contributed by atoms with Crippen LogP contribution in [0.3, 0.4) is 0 Å². The van der Waals surface area contributed by atoms with Gasteiger partial charge in [-0.1, -0.05) is 0 Å². The predicted octanol–water partition coefficient (Wildman–Crippen LogP) is 2.86. The quantitative estimate of drug-likeness (QED) is 0.585. The Kier molecular flexibility index (Phi) is 6.31. The minimum absolute atomic E-state index is 0.0500. The molecule has 1 N–H and O–H groups in total. The van der Waals surface area contributed by atoms with E-state index in [1.54, 1.807) is 18.2 Å². The summed E-state index contributed by atoms with van der Waals surface area (Å²) in [4.78, 5) is 37.2. The fourth-order valence-electron chi connectivity index (χ4n) is 1.96. The number of esters is 1. The van der Waals surface area contributed by atoms with Gasteiger partial charge >= 0.3 is 5.97 Å². The fourth-order valence-corrected chi connectivity index (χ4v) is 2.80. The van der Waals surface area contributed by atoms with E-state index in [1.165, 1.54) is 24.5 Å². The minimum atomic E-state index is -0.924. The molecule has 0 aromatic carbocycles. The lowest BCUT2D eigenvalue weighted by molar-refractivity contribution is -0.154. The largest absolute Gasteiger partial charge is 0.467 e. The van der Waals surface area contributed by atoms with Crippen molar-refractivity contribution in [2.45, 2.75) is 39.3 Å². The molecule has 0 bridgehead atoms. The van der Waals surface area contributed by atoms with Gasteiger partial charge < -0.3 is 14.5 Å². The van der Waals surface area contributed by atoms with Crippen LogP contribution in [-0.2, 0) is 20.9 Å². The lowest BCUT2D eigenvalue weighted by Crippen LogP contribution is -2.35. The molecule has 2 rings (SSSR count). The molecule has 0 spiro atoms. The van der Waals surface area contributed by atoms with Crippen LogP contribution in [0.4, 0.5) is 0 Å². The minimum Gasteiger partial charge on any atom is -0.467 e. The summed E-state index contributed by atoms with van der Waals surface area (Å²) in [7, 11) is 0. The number of furan rings is 1. The SMILES string of the molecule is Cc1ccc(C(=O)CCC(=O)O[C@H](C)C(=O)NCc2ccco2)s1. The van der Waals surface area contributed by atoms with E-state index in [4.69, 9.17) is 9.15 Å². The first-order chi connectivity index (χ1) is 11.5. The molecule has 24 heavy (non-hydrogen) atoms. The second kappa shape index (κ2) is 8.44. The maximum atomic E-state index is 11.9. The Morgan fingerprint density at radius 2 is 2.04 bits per heavy atom. The third-order valence-electron chi connectivity index (χ3n) is 3.27.